The van der Waals surface area contributed by atoms with Gasteiger partial charge >= 0.3 is 11.9 Å². The predicted octanol–water partition coefficient (Wildman–Crippen LogP) is 4.48. The Morgan fingerprint density at radius 1 is 1.23 bits per heavy atom. The van der Waals surface area contributed by atoms with Gasteiger partial charge in [0.15, 0.2) is 0 Å². The average Bonchev–Trinajstić information content (AvgIpc) is 3.00. The van der Waals surface area contributed by atoms with E-state index in [0.717, 1.165) is 37.0 Å². The van der Waals surface area contributed by atoms with Gasteiger partial charge in [-0.3, -0.25) is 14.2 Å². The van der Waals surface area contributed by atoms with Crippen LogP contribution in [-0.4, -0.2) is 33.7 Å². The lowest BCUT2D eigenvalue weighted by atomic mass is 9.72. The first kappa shape index (κ1) is 23.4. The van der Waals surface area contributed by atoms with Gasteiger partial charge in [0.05, 0.1) is 17.8 Å². The molecule has 8 heteroatoms. The fourth-order valence-corrected chi connectivity index (χ4v) is 5.17. The van der Waals surface area contributed by atoms with Gasteiger partial charge in [0, 0.05) is 0 Å². The number of carbonyl (C=O) groups is 2. The largest absolute Gasteiger partial charge is 0.461 e. The first-order valence-corrected chi connectivity index (χ1v) is 11.7. The van der Waals surface area contributed by atoms with Gasteiger partial charge in [-0.25, -0.2) is 9.78 Å². The van der Waals surface area contributed by atoms with E-state index < -0.39 is 11.9 Å². The smallest absolute Gasteiger partial charge is 0.348 e. The number of ether oxygens (including phenoxy) is 2. The second-order valence-electron chi connectivity index (χ2n) is 9.70. The van der Waals surface area contributed by atoms with E-state index >= 15 is 0 Å². The summed E-state index contributed by atoms with van der Waals surface area (Å²) in [6, 6.07) is 0. The van der Waals surface area contributed by atoms with Gasteiger partial charge in [-0.05, 0) is 63.4 Å². The van der Waals surface area contributed by atoms with Crippen LogP contribution in [-0.2, 0) is 20.8 Å². The van der Waals surface area contributed by atoms with Crippen molar-refractivity contribution in [3.63, 3.8) is 0 Å². The molecule has 2 aromatic heterocycles. The van der Waals surface area contributed by atoms with Crippen LogP contribution < -0.4 is 5.56 Å². The number of nitrogens with zero attached hydrogens (tertiary/aromatic N) is 2. The summed E-state index contributed by atoms with van der Waals surface area (Å²) in [4.78, 5) is 42.9. The van der Waals surface area contributed by atoms with E-state index in [1.54, 1.807) is 20.8 Å². The first-order chi connectivity index (χ1) is 14.5. The maximum absolute atomic E-state index is 13.0. The van der Waals surface area contributed by atoms with Crippen LogP contribution in [0.3, 0.4) is 0 Å². The number of thiophene rings is 1. The minimum Gasteiger partial charge on any atom is -0.461 e. The molecule has 1 aliphatic rings. The molecular formula is C23H32N2O5S. The summed E-state index contributed by atoms with van der Waals surface area (Å²) in [6.45, 7) is 11.8. The summed E-state index contributed by atoms with van der Waals surface area (Å²) < 4.78 is 12.2. The summed E-state index contributed by atoms with van der Waals surface area (Å²) in [5, 5.41) is 0.349. The lowest BCUT2D eigenvalue weighted by molar-refractivity contribution is -0.152. The molecule has 0 unspecified atom stereocenters. The normalized spacial score (nSPS) is 19.6. The number of hydrogen-bond acceptors (Lipinski definition) is 7. The zero-order valence-electron chi connectivity index (χ0n) is 19.2. The van der Waals surface area contributed by atoms with E-state index in [1.807, 2.05) is 0 Å². The molecule has 0 N–H and O–H groups in total. The highest BCUT2D eigenvalue weighted by atomic mass is 32.1. The zero-order chi connectivity index (χ0) is 22.9. The molecular weight excluding hydrogens is 416 g/mol. The van der Waals surface area contributed by atoms with Gasteiger partial charge < -0.3 is 9.47 Å². The molecule has 0 aliphatic heterocycles. The SMILES string of the molecule is Cc1c(C(=O)OC(C)C)sc2ncn(CC(=O)OC3CCC(C(C)(C)C)CC3)c(=O)c12. The molecule has 0 atom stereocenters. The number of esters is 2. The van der Waals surface area contributed by atoms with Crippen molar-refractivity contribution in [3.05, 3.63) is 27.1 Å². The van der Waals surface area contributed by atoms with Crippen LogP contribution in [0.5, 0.6) is 0 Å². The molecule has 2 heterocycles. The molecule has 170 valence electrons. The Labute approximate surface area is 186 Å². The van der Waals surface area contributed by atoms with Crippen LogP contribution in [0.25, 0.3) is 10.2 Å². The molecule has 0 saturated heterocycles. The Kier molecular flexibility index (Phi) is 6.88. The lowest BCUT2D eigenvalue weighted by Gasteiger charge is -2.36. The van der Waals surface area contributed by atoms with Crippen LogP contribution in [0.15, 0.2) is 11.1 Å². The van der Waals surface area contributed by atoms with Crippen LogP contribution >= 0.6 is 11.3 Å². The average molecular weight is 449 g/mol. The van der Waals surface area contributed by atoms with Crippen LogP contribution in [0, 0.1) is 18.3 Å². The number of aromatic nitrogens is 2. The molecule has 1 saturated carbocycles. The Balaban J connectivity index is 1.70. The minimum absolute atomic E-state index is 0.0983. The third-order valence-corrected chi connectivity index (χ3v) is 7.12. The molecule has 0 bridgehead atoms. The highest BCUT2D eigenvalue weighted by Crippen LogP contribution is 2.38. The molecule has 3 rings (SSSR count). The quantitative estimate of drug-likeness (QED) is 0.627. The summed E-state index contributed by atoms with van der Waals surface area (Å²) >= 11 is 1.13. The first-order valence-electron chi connectivity index (χ1n) is 10.9. The molecule has 31 heavy (non-hydrogen) atoms. The Morgan fingerprint density at radius 3 is 2.45 bits per heavy atom. The third-order valence-electron chi connectivity index (χ3n) is 5.94. The van der Waals surface area contributed by atoms with Crippen molar-refractivity contribution in [2.75, 3.05) is 0 Å². The standard InChI is InChI=1S/C23H32N2O5S/c1-13(2)29-22(28)19-14(3)18-20(31-19)24-12-25(21(18)27)11-17(26)30-16-9-7-15(8-10-16)23(4,5)6/h12-13,15-16H,7-11H2,1-6H3. The molecule has 0 aromatic carbocycles. The van der Waals surface area contributed by atoms with Gasteiger partial charge in [0.2, 0.25) is 0 Å². The minimum atomic E-state index is -0.466. The molecule has 0 radical (unpaired) electrons. The van der Waals surface area contributed by atoms with Crippen LogP contribution in [0.1, 0.15) is 75.5 Å². The molecule has 2 aromatic rings. The van der Waals surface area contributed by atoms with Crippen molar-refractivity contribution in [3.8, 4) is 0 Å². The molecule has 1 fully saturated rings. The zero-order valence-corrected chi connectivity index (χ0v) is 20.0. The fourth-order valence-electron chi connectivity index (χ4n) is 4.14. The topological polar surface area (TPSA) is 87.5 Å². The molecule has 0 amide bonds. The van der Waals surface area contributed by atoms with E-state index in [1.165, 1.54) is 10.9 Å². The van der Waals surface area contributed by atoms with E-state index in [0.29, 0.717) is 26.6 Å². The number of fused-ring (bicyclic) bond motifs is 1. The van der Waals surface area contributed by atoms with E-state index in [2.05, 4.69) is 25.8 Å². The predicted molar refractivity (Wildman–Crippen MR) is 120 cm³/mol. The number of aryl methyl sites for hydroxylation is 1. The van der Waals surface area contributed by atoms with Crippen LogP contribution in [0.4, 0.5) is 0 Å². The van der Waals surface area contributed by atoms with E-state index in [4.69, 9.17) is 9.47 Å². The summed E-state index contributed by atoms with van der Waals surface area (Å²) in [5.41, 5.74) is 0.449. The molecule has 1 aliphatic carbocycles. The fraction of sp³-hybridized carbons (Fsp3) is 0.652. The van der Waals surface area contributed by atoms with Gasteiger partial charge in [-0.1, -0.05) is 20.8 Å². The van der Waals surface area contributed by atoms with Gasteiger partial charge in [0.1, 0.15) is 22.4 Å². The van der Waals surface area contributed by atoms with Crippen molar-refractivity contribution < 1.29 is 19.1 Å². The maximum Gasteiger partial charge on any atom is 0.348 e. The number of rotatable bonds is 5. The summed E-state index contributed by atoms with van der Waals surface area (Å²) in [7, 11) is 0. The van der Waals surface area contributed by atoms with Crippen molar-refractivity contribution in [2.24, 2.45) is 11.3 Å². The van der Waals surface area contributed by atoms with Crippen molar-refractivity contribution in [1.82, 2.24) is 9.55 Å². The highest BCUT2D eigenvalue weighted by molar-refractivity contribution is 7.20. The monoisotopic (exact) mass is 448 g/mol. The van der Waals surface area contributed by atoms with Crippen LogP contribution in [0.2, 0.25) is 0 Å². The molecule has 0 spiro atoms. The lowest BCUT2D eigenvalue weighted by Crippen LogP contribution is -2.32. The van der Waals surface area contributed by atoms with Gasteiger partial charge in [-0.15, -0.1) is 11.3 Å². The third kappa shape index (κ3) is 5.34. The van der Waals surface area contributed by atoms with Crippen molar-refractivity contribution in [2.45, 2.75) is 86.0 Å². The maximum atomic E-state index is 13.0. The van der Waals surface area contributed by atoms with Gasteiger partial charge in [-0.2, -0.15) is 0 Å². The molecule has 7 nitrogen and oxygen atoms in total. The summed E-state index contributed by atoms with van der Waals surface area (Å²) in [6.07, 6.45) is 4.77. The second-order valence-corrected chi connectivity index (χ2v) is 10.7. The van der Waals surface area contributed by atoms with Crippen molar-refractivity contribution >= 4 is 33.5 Å². The van der Waals surface area contributed by atoms with Gasteiger partial charge in [0.25, 0.3) is 5.56 Å². The van der Waals surface area contributed by atoms with E-state index in [-0.39, 0.29) is 29.7 Å². The number of hydrogen-bond donors (Lipinski definition) is 0. The highest BCUT2D eigenvalue weighted by Gasteiger charge is 2.31. The second kappa shape index (κ2) is 9.10. The Morgan fingerprint density at radius 2 is 1.87 bits per heavy atom. The summed E-state index contributed by atoms with van der Waals surface area (Å²) in [5.74, 6) is -0.267. The Hall–Kier alpha value is -2.22. The van der Waals surface area contributed by atoms with E-state index in [9.17, 15) is 14.4 Å². The van der Waals surface area contributed by atoms with Crippen molar-refractivity contribution in [1.29, 1.82) is 0 Å². The number of carbonyl (C=O) groups excluding carboxylic acids is 2. The Bertz CT molecular complexity index is 1020.